The van der Waals surface area contributed by atoms with Crippen molar-refractivity contribution in [3.05, 3.63) is 30.1 Å². The maximum Gasteiger partial charge on any atom is 0.174 e. The SMILES string of the molecule is N#Cc1cc(Sc2ncns2)ccc1N. The highest BCUT2D eigenvalue weighted by Gasteiger charge is 2.03. The molecule has 0 atom stereocenters. The van der Waals surface area contributed by atoms with Crippen LogP contribution in [0.3, 0.4) is 0 Å². The first-order chi connectivity index (χ1) is 7.29. The van der Waals surface area contributed by atoms with Crippen molar-refractivity contribution >= 4 is 29.0 Å². The van der Waals surface area contributed by atoms with Crippen LogP contribution < -0.4 is 5.73 Å². The van der Waals surface area contributed by atoms with E-state index in [-0.39, 0.29) is 0 Å². The maximum absolute atomic E-state index is 8.80. The van der Waals surface area contributed by atoms with Crippen LogP contribution in [0.5, 0.6) is 0 Å². The van der Waals surface area contributed by atoms with Gasteiger partial charge in [-0.2, -0.15) is 9.64 Å². The van der Waals surface area contributed by atoms with Crippen LogP contribution in [0.4, 0.5) is 5.69 Å². The van der Waals surface area contributed by atoms with Gasteiger partial charge in [-0.1, -0.05) is 11.8 Å². The number of nitrogens with two attached hydrogens (primary N) is 1. The summed E-state index contributed by atoms with van der Waals surface area (Å²) in [7, 11) is 0. The molecule has 0 spiro atoms. The predicted molar refractivity (Wildman–Crippen MR) is 59.6 cm³/mol. The summed E-state index contributed by atoms with van der Waals surface area (Å²) in [5.74, 6) is 0. The molecule has 0 saturated carbocycles. The van der Waals surface area contributed by atoms with Crippen molar-refractivity contribution in [2.45, 2.75) is 9.24 Å². The van der Waals surface area contributed by atoms with Gasteiger partial charge in [0, 0.05) is 10.6 Å². The van der Waals surface area contributed by atoms with Gasteiger partial charge in [-0.05, 0) is 29.7 Å². The fraction of sp³-hybridized carbons (Fsp3) is 0. The zero-order chi connectivity index (χ0) is 10.7. The van der Waals surface area contributed by atoms with Crippen LogP contribution in [-0.2, 0) is 0 Å². The summed E-state index contributed by atoms with van der Waals surface area (Å²) >= 11 is 2.79. The normalized spacial score (nSPS) is 9.80. The van der Waals surface area contributed by atoms with Crippen LogP contribution in [0.1, 0.15) is 5.56 Å². The Kier molecular flexibility index (Phi) is 2.85. The van der Waals surface area contributed by atoms with Crippen molar-refractivity contribution in [3.8, 4) is 6.07 Å². The lowest BCUT2D eigenvalue weighted by Crippen LogP contribution is -1.89. The van der Waals surface area contributed by atoms with E-state index < -0.39 is 0 Å². The lowest BCUT2D eigenvalue weighted by Gasteiger charge is -2.00. The highest BCUT2D eigenvalue weighted by Crippen LogP contribution is 2.29. The molecule has 0 aliphatic carbocycles. The Bertz CT molecular complexity index is 501. The molecule has 0 aliphatic heterocycles. The molecule has 2 N–H and O–H groups in total. The van der Waals surface area contributed by atoms with Crippen LogP contribution in [-0.4, -0.2) is 9.36 Å². The van der Waals surface area contributed by atoms with Gasteiger partial charge in [0.1, 0.15) is 12.4 Å². The Hall–Kier alpha value is -1.58. The molecule has 6 heteroatoms. The van der Waals surface area contributed by atoms with Gasteiger partial charge in [0.2, 0.25) is 0 Å². The van der Waals surface area contributed by atoms with Gasteiger partial charge in [-0.25, -0.2) is 4.98 Å². The van der Waals surface area contributed by atoms with Crippen LogP contribution in [0, 0.1) is 11.3 Å². The third kappa shape index (κ3) is 2.26. The molecule has 0 radical (unpaired) electrons. The van der Waals surface area contributed by atoms with Gasteiger partial charge in [-0.15, -0.1) is 0 Å². The summed E-state index contributed by atoms with van der Waals surface area (Å²) in [4.78, 5) is 4.99. The number of nitrogens with zero attached hydrogens (tertiary/aromatic N) is 3. The number of rotatable bonds is 2. The second kappa shape index (κ2) is 4.29. The van der Waals surface area contributed by atoms with Crippen molar-refractivity contribution in [1.29, 1.82) is 5.26 Å². The Morgan fingerprint density at radius 1 is 1.47 bits per heavy atom. The molecule has 0 unspecified atom stereocenters. The second-order valence-corrected chi connectivity index (χ2v) is 4.77. The minimum atomic E-state index is 0.490. The van der Waals surface area contributed by atoms with Crippen LogP contribution in [0.25, 0.3) is 0 Å². The molecule has 2 aromatic rings. The van der Waals surface area contributed by atoms with Crippen molar-refractivity contribution in [1.82, 2.24) is 9.36 Å². The summed E-state index contributed by atoms with van der Waals surface area (Å²) in [5, 5.41) is 8.80. The van der Waals surface area contributed by atoms with Gasteiger partial charge < -0.3 is 5.73 Å². The Morgan fingerprint density at radius 2 is 2.33 bits per heavy atom. The minimum Gasteiger partial charge on any atom is -0.398 e. The topological polar surface area (TPSA) is 75.6 Å². The molecular weight excluding hydrogens is 228 g/mol. The van der Waals surface area contributed by atoms with Gasteiger partial charge in [0.05, 0.1) is 5.56 Å². The quantitative estimate of drug-likeness (QED) is 0.806. The monoisotopic (exact) mass is 234 g/mol. The average Bonchev–Trinajstić information content (AvgIpc) is 2.73. The number of benzene rings is 1. The smallest absolute Gasteiger partial charge is 0.174 e. The number of hydrogen-bond acceptors (Lipinski definition) is 6. The Balaban J connectivity index is 2.27. The van der Waals surface area contributed by atoms with Gasteiger partial charge in [0.15, 0.2) is 4.34 Å². The van der Waals surface area contributed by atoms with E-state index in [9.17, 15) is 0 Å². The molecule has 74 valence electrons. The molecule has 1 aromatic heterocycles. The van der Waals surface area contributed by atoms with Gasteiger partial charge >= 0.3 is 0 Å². The molecule has 1 aromatic carbocycles. The van der Waals surface area contributed by atoms with Crippen LogP contribution >= 0.6 is 23.3 Å². The van der Waals surface area contributed by atoms with E-state index in [0.29, 0.717) is 11.3 Å². The summed E-state index contributed by atoms with van der Waals surface area (Å²) in [6.45, 7) is 0. The van der Waals surface area contributed by atoms with Crippen molar-refractivity contribution in [2.24, 2.45) is 0 Å². The highest BCUT2D eigenvalue weighted by atomic mass is 32.2. The number of aromatic nitrogens is 2. The summed E-state index contributed by atoms with van der Waals surface area (Å²) < 4.78 is 4.75. The number of anilines is 1. The first kappa shape index (κ1) is 9.96. The fourth-order valence-corrected chi connectivity index (χ4v) is 2.46. The Labute approximate surface area is 94.9 Å². The molecule has 1 heterocycles. The lowest BCUT2D eigenvalue weighted by atomic mass is 10.2. The predicted octanol–water partition coefficient (Wildman–Crippen LogP) is 2.14. The molecule has 15 heavy (non-hydrogen) atoms. The lowest BCUT2D eigenvalue weighted by molar-refractivity contribution is 1.21. The first-order valence-electron chi connectivity index (χ1n) is 4.04. The number of nitriles is 1. The van der Waals surface area contributed by atoms with E-state index in [4.69, 9.17) is 11.0 Å². The van der Waals surface area contributed by atoms with E-state index in [1.165, 1.54) is 29.6 Å². The average molecular weight is 234 g/mol. The summed E-state index contributed by atoms with van der Waals surface area (Å²) in [6.07, 6.45) is 1.51. The zero-order valence-corrected chi connectivity index (χ0v) is 9.18. The van der Waals surface area contributed by atoms with E-state index in [0.717, 1.165) is 9.24 Å². The van der Waals surface area contributed by atoms with Crippen molar-refractivity contribution in [2.75, 3.05) is 5.73 Å². The van der Waals surface area contributed by atoms with Gasteiger partial charge in [0.25, 0.3) is 0 Å². The van der Waals surface area contributed by atoms with Crippen molar-refractivity contribution < 1.29 is 0 Å². The van der Waals surface area contributed by atoms with E-state index in [2.05, 4.69) is 9.36 Å². The molecule has 4 nitrogen and oxygen atoms in total. The molecule has 0 bridgehead atoms. The standard InChI is InChI=1S/C9H6N4S2/c10-4-6-3-7(1-2-8(6)11)14-9-12-5-13-15-9/h1-3,5H,11H2. The molecule has 0 fully saturated rings. The zero-order valence-electron chi connectivity index (χ0n) is 7.54. The third-order valence-electron chi connectivity index (χ3n) is 1.69. The largest absolute Gasteiger partial charge is 0.398 e. The minimum absolute atomic E-state index is 0.490. The van der Waals surface area contributed by atoms with Gasteiger partial charge in [-0.3, -0.25) is 0 Å². The number of hydrogen-bond donors (Lipinski definition) is 1. The Morgan fingerprint density at radius 3 is 3.00 bits per heavy atom. The van der Waals surface area contributed by atoms with Crippen molar-refractivity contribution in [3.63, 3.8) is 0 Å². The van der Waals surface area contributed by atoms with Crippen LogP contribution in [0.2, 0.25) is 0 Å². The first-order valence-corrected chi connectivity index (χ1v) is 5.63. The fourth-order valence-electron chi connectivity index (χ4n) is 1.00. The summed E-state index contributed by atoms with van der Waals surface area (Å²) in [5.41, 5.74) is 6.61. The van der Waals surface area contributed by atoms with E-state index >= 15 is 0 Å². The molecule has 0 aliphatic rings. The molecule has 2 rings (SSSR count). The molecule has 0 saturated heterocycles. The molecule has 0 amide bonds. The second-order valence-electron chi connectivity index (χ2n) is 2.67. The van der Waals surface area contributed by atoms with Crippen LogP contribution in [0.15, 0.2) is 33.8 Å². The molecular formula is C9H6N4S2. The summed E-state index contributed by atoms with van der Waals surface area (Å²) in [6, 6.07) is 7.38. The van der Waals surface area contributed by atoms with E-state index in [1.807, 2.05) is 12.1 Å². The third-order valence-corrected chi connectivity index (χ3v) is 3.40. The highest BCUT2D eigenvalue weighted by molar-refractivity contribution is 8.01. The maximum atomic E-state index is 8.80. The van der Waals surface area contributed by atoms with E-state index in [1.54, 1.807) is 12.1 Å². The number of nitrogen functional groups attached to an aromatic ring is 1.